The van der Waals surface area contributed by atoms with Gasteiger partial charge in [0, 0.05) is 18.1 Å². The van der Waals surface area contributed by atoms with Crippen LogP contribution in [0.3, 0.4) is 0 Å². The summed E-state index contributed by atoms with van der Waals surface area (Å²) in [6, 6.07) is 10.4. The van der Waals surface area contributed by atoms with Crippen molar-refractivity contribution in [1.29, 1.82) is 0 Å². The van der Waals surface area contributed by atoms with E-state index >= 15 is 0 Å². The molecule has 1 amide bonds. The first-order valence-corrected chi connectivity index (χ1v) is 8.32. The summed E-state index contributed by atoms with van der Waals surface area (Å²) in [6.07, 6.45) is 1.69. The molecular formula is C20H17F2NO3. The van der Waals surface area contributed by atoms with Gasteiger partial charge in [0.1, 0.15) is 30.1 Å². The van der Waals surface area contributed by atoms with Gasteiger partial charge in [-0.25, -0.2) is 8.78 Å². The molecule has 2 atom stereocenters. The molecule has 0 fully saturated rings. The van der Waals surface area contributed by atoms with E-state index in [1.807, 2.05) is 13.0 Å². The topological polar surface area (TPSA) is 47.6 Å². The molecule has 0 aliphatic carbocycles. The lowest BCUT2D eigenvalue weighted by atomic mass is 9.85. The first-order chi connectivity index (χ1) is 12.5. The molecule has 1 spiro atoms. The van der Waals surface area contributed by atoms with Crippen LogP contribution in [0.5, 0.6) is 5.75 Å². The summed E-state index contributed by atoms with van der Waals surface area (Å²) in [5, 5.41) is 2.59. The summed E-state index contributed by atoms with van der Waals surface area (Å²) in [7, 11) is 0. The van der Waals surface area contributed by atoms with Gasteiger partial charge < -0.3 is 14.8 Å². The van der Waals surface area contributed by atoms with Gasteiger partial charge in [-0.1, -0.05) is 29.8 Å². The van der Waals surface area contributed by atoms with E-state index in [0.717, 1.165) is 5.57 Å². The van der Waals surface area contributed by atoms with Gasteiger partial charge in [-0.15, -0.1) is 0 Å². The lowest BCUT2D eigenvalue weighted by Crippen LogP contribution is -2.44. The summed E-state index contributed by atoms with van der Waals surface area (Å²) >= 11 is 0. The largest absolute Gasteiger partial charge is 0.490 e. The van der Waals surface area contributed by atoms with Crippen LogP contribution in [0, 0.1) is 11.6 Å². The molecule has 1 N–H and O–H groups in total. The lowest BCUT2D eigenvalue weighted by Gasteiger charge is -2.35. The third-order valence-electron chi connectivity index (χ3n) is 4.62. The number of benzene rings is 2. The highest BCUT2D eigenvalue weighted by Crippen LogP contribution is 2.46. The summed E-state index contributed by atoms with van der Waals surface area (Å²) in [5.41, 5.74) is 0.325. The van der Waals surface area contributed by atoms with Gasteiger partial charge >= 0.3 is 0 Å². The number of fused-ring (bicyclic) bond motifs is 2. The smallest absolute Gasteiger partial charge is 0.261 e. The van der Waals surface area contributed by atoms with Crippen molar-refractivity contribution in [2.24, 2.45) is 0 Å². The first kappa shape index (κ1) is 16.7. The van der Waals surface area contributed by atoms with Crippen LogP contribution in [0.2, 0.25) is 0 Å². The highest BCUT2D eigenvalue weighted by Gasteiger charge is 2.51. The van der Waals surface area contributed by atoms with Crippen molar-refractivity contribution in [2.75, 3.05) is 11.9 Å². The zero-order valence-electron chi connectivity index (χ0n) is 14.1. The Hall–Kier alpha value is -2.73. The van der Waals surface area contributed by atoms with Gasteiger partial charge in [-0.05, 0) is 25.1 Å². The van der Waals surface area contributed by atoms with Crippen LogP contribution in [0.15, 0.2) is 54.1 Å². The van der Waals surface area contributed by atoms with E-state index in [1.165, 1.54) is 18.2 Å². The van der Waals surface area contributed by atoms with Crippen LogP contribution in [0.4, 0.5) is 14.5 Å². The van der Waals surface area contributed by atoms with Crippen molar-refractivity contribution < 1.29 is 23.0 Å². The fourth-order valence-corrected chi connectivity index (χ4v) is 3.54. The third kappa shape index (κ3) is 2.76. The summed E-state index contributed by atoms with van der Waals surface area (Å²) in [4.78, 5) is 12.6. The van der Waals surface area contributed by atoms with Crippen LogP contribution >= 0.6 is 0 Å². The van der Waals surface area contributed by atoms with Gasteiger partial charge in [0.25, 0.3) is 5.91 Å². The SMILES string of the molecule is CC1=C[C@@H](COc2cccc(F)c2)O[C@@]2(C1)C(=O)Nc1c(F)cccc12. The molecule has 0 aromatic heterocycles. The average molecular weight is 357 g/mol. The molecule has 0 saturated heterocycles. The minimum atomic E-state index is -1.27. The predicted octanol–water partition coefficient (Wildman–Crippen LogP) is 3.93. The van der Waals surface area contributed by atoms with E-state index < -0.39 is 23.3 Å². The number of rotatable bonds is 3. The van der Waals surface area contributed by atoms with Gasteiger partial charge in [0.05, 0.1) is 5.69 Å². The average Bonchev–Trinajstić information content (AvgIpc) is 2.86. The normalized spacial score (nSPS) is 24.2. The zero-order chi connectivity index (χ0) is 18.3. The molecule has 4 rings (SSSR count). The number of hydrogen-bond donors (Lipinski definition) is 1. The Balaban J connectivity index is 1.60. The maximum Gasteiger partial charge on any atom is 0.261 e. The second-order valence-electron chi connectivity index (χ2n) is 6.56. The Bertz CT molecular complexity index is 912. The van der Waals surface area contributed by atoms with Gasteiger partial charge in [-0.2, -0.15) is 0 Å². The number of para-hydroxylation sites is 1. The van der Waals surface area contributed by atoms with Crippen molar-refractivity contribution in [3.05, 3.63) is 71.3 Å². The predicted molar refractivity (Wildman–Crippen MR) is 91.8 cm³/mol. The monoisotopic (exact) mass is 357 g/mol. The number of carbonyl (C=O) groups is 1. The van der Waals surface area contributed by atoms with Crippen molar-refractivity contribution in [3.63, 3.8) is 0 Å². The maximum absolute atomic E-state index is 14.1. The highest BCUT2D eigenvalue weighted by molar-refractivity contribution is 6.05. The van der Waals surface area contributed by atoms with Gasteiger partial charge in [-0.3, -0.25) is 4.79 Å². The minimum absolute atomic E-state index is 0.112. The molecule has 0 bridgehead atoms. The Morgan fingerprint density at radius 2 is 2.08 bits per heavy atom. The van der Waals surface area contributed by atoms with Crippen molar-refractivity contribution in [2.45, 2.75) is 25.0 Å². The molecule has 2 heterocycles. The number of amides is 1. The van der Waals surface area contributed by atoms with Crippen molar-refractivity contribution >= 4 is 11.6 Å². The summed E-state index contributed by atoms with van der Waals surface area (Å²) in [5.74, 6) is -0.895. The van der Waals surface area contributed by atoms with Crippen LogP contribution in [0.25, 0.3) is 0 Å². The second-order valence-corrected chi connectivity index (χ2v) is 6.56. The molecule has 0 unspecified atom stereocenters. The Morgan fingerprint density at radius 3 is 2.88 bits per heavy atom. The molecule has 26 heavy (non-hydrogen) atoms. The van der Waals surface area contributed by atoms with E-state index in [9.17, 15) is 13.6 Å². The third-order valence-corrected chi connectivity index (χ3v) is 4.62. The molecule has 4 nitrogen and oxygen atoms in total. The van der Waals surface area contributed by atoms with Gasteiger partial charge in [0.15, 0.2) is 5.60 Å². The zero-order valence-corrected chi connectivity index (χ0v) is 14.1. The number of ether oxygens (including phenoxy) is 2. The number of halogens is 2. The Labute approximate surface area is 149 Å². The minimum Gasteiger partial charge on any atom is -0.490 e. The molecule has 2 aliphatic heterocycles. The standard InChI is InChI=1S/C20H17F2NO3/c1-12-8-15(11-25-14-5-2-4-13(21)9-14)26-20(10-12)16-6-3-7-17(22)18(16)23-19(20)24/h2-9,15H,10-11H2,1H3,(H,23,24)/t15-,20+/m0/s1. The molecule has 0 radical (unpaired) electrons. The lowest BCUT2D eigenvalue weighted by molar-refractivity contribution is -0.151. The van der Waals surface area contributed by atoms with E-state index in [1.54, 1.807) is 24.3 Å². The number of nitrogens with one attached hydrogen (secondary N) is 1. The van der Waals surface area contributed by atoms with E-state index in [-0.39, 0.29) is 18.2 Å². The summed E-state index contributed by atoms with van der Waals surface area (Å²) in [6.45, 7) is 2.00. The molecule has 2 aliphatic rings. The van der Waals surface area contributed by atoms with Crippen LogP contribution in [0.1, 0.15) is 18.9 Å². The fraction of sp³-hybridized carbons (Fsp3) is 0.250. The number of hydrogen-bond acceptors (Lipinski definition) is 3. The van der Waals surface area contributed by atoms with Crippen molar-refractivity contribution in [3.8, 4) is 5.75 Å². The molecule has 2 aromatic rings. The van der Waals surface area contributed by atoms with E-state index in [2.05, 4.69) is 5.32 Å². The molecular weight excluding hydrogens is 340 g/mol. The number of anilines is 1. The quantitative estimate of drug-likeness (QED) is 0.847. The van der Waals surface area contributed by atoms with Crippen molar-refractivity contribution in [1.82, 2.24) is 0 Å². The van der Waals surface area contributed by atoms with Crippen LogP contribution < -0.4 is 10.1 Å². The molecule has 134 valence electrons. The van der Waals surface area contributed by atoms with Gasteiger partial charge in [0.2, 0.25) is 0 Å². The Morgan fingerprint density at radius 1 is 1.27 bits per heavy atom. The molecule has 2 aromatic carbocycles. The molecule has 6 heteroatoms. The van der Waals surface area contributed by atoms with Crippen LogP contribution in [-0.2, 0) is 15.1 Å². The fourth-order valence-electron chi connectivity index (χ4n) is 3.54. The molecule has 0 saturated carbocycles. The highest BCUT2D eigenvalue weighted by atomic mass is 19.1. The van der Waals surface area contributed by atoms with E-state index in [0.29, 0.717) is 17.7 Å². The number of carbonyl (C=O) groups excluding carboxylic acids is 1. The maximum atomic E-state index is 14.1. The Kier molecular flexibility index (Phi) is 4.00. The first-order valence-electron chi connectivity index (χ1n) is 8.32. The second kappa shape index (κ2) is 6.21. The van der Waals surface area contributed by atoms with Crippen LogP contribution in [-0.4, -0.2) is 18.6 Å². The summed E-state index contributed by atoms with van der Waals surface area (Å²) < 4.78 is 39.0. The van der Waals surface area contributed by atoms with E-state index in [4.69, 9.17) is 9.47 Å².